The number of benzene rings is 1. The zero-order valence-corrected chi connectivity index (χ0v) is 9.07. The zero-order chi connectivity index (χ0) is 11.3. The molecule has 0 aromatic heterocycles. The minimum Gasteiger partial charge on any atom is -0.506 e. The number of aromatic hydroxyl groups is 1. The molecule has 0 spiro atoms. The first kappa shape index (κ1) is 11.7. The van der Waals surface area contributed by atoms with Gasteiger partial charge in [-0.1, -0.05) is 40.5 Å². The van der Waals surface area contributed by atoms with Crippen molar-refractivity contribution < 1.29 is 5.11 Å². The van der Waals surface area contributed by atoms with Crippen LogP contribution in [0.4, 0.5) is 0 Å². The highest BCUT2D eigenvalue weighted by atomic mass is 35.5. The molecular formula is C9H7Cl2N3O. The van der Waals surface area contributed by atoms with Crippen LogP contribution in [0.5, 0.6) is 5.75 Å². The number of nitrogens with zero attached hydrogens (tertiary/aromatic N) is 3. The molecule has 0 aliphatic heterocycles. The predicted octanol–water partition coefficient (Wildman–Crippen LogP) is 4.02. The number of rotatable bonds is 3. The van der Waals surface area contributed by atoms with Crippen LogP contribution in [0.3, 0.4) is 0 Å². The van der Waals surface area contributed by atoms with Crippen LogP contribution in [-0.2, 0) is 0 Å². The fourth-order valence-corrected chi connectivity index (χ4v) is 1.34. The predicted molar refractivity (Wildman–Crippen MR) is 61.2 cm³/mol. The average Bonchev–Trinajstić information content (AvgIpc) is 2.20. The van der Waals surface area contributed by atoms with Crippen molar-refractivity contribution >= 4 is 29.3 Å². The molecule has 0 aliphatic rings. The van der Waals surface area contributed by atoms with Crippen molar-refractivity contribution in [2.45, 2.75) is 0 Å². The van der Waals surface area contributed by atoms with E-state index in [1.165, 1.54) is 12.1 Å². The van der Waals surface area contributed by atoms with Gasteiger partial charge in [-0.2, -0.15) is 0 Å². The summed E-state index contributed by atoms with van der Waals surface area (Å²) in [6, 6.07) is 2.89. The van der Waals surface area contributed by atoms with Gasteiger partial charge in [0, 0.05) is 17.5 Å². The number of phenolic OH excluding ortho intramolecular Hbond substituents is 1. The van der Waals surface area contributed by atoms with Crippen LogP contribution in [0, 0.1) is 0 Å². The fourth-order valence-electron chi connectivity index (χ4n) is 0.943. The first-order valence-corrected chi connectivity index (χ1v) is 4.76. The summed E-state index contributed by atoms with van der Waals surface area (Å²) in [5.74, 6) is -0.0612. The maximum atomic E-state index is 9.23. The Morgan fingerprint density at radius 2 is 2.13 bits per heavy atom. The van der Waals surface area contributed by atoms with E-state index in [0.717, 1.165) is 0 Å². The van der Waals surface area contributed by atoms with E-state index in [4.69, 9.17) is 28.7 Å². The first-order chi connectivity index (χ1) is 7.15. The molecule has 78 valence electrons. The Morgan fingerprint density at radius 1 is 1.40 bits per heavy atom. The van der Waals surface area contributed by atoms with E-state index >= 15 is 0 Å². The number of hydrogen-bond donors (Lipinski definition) is 1. The lowest BCUT2D eigenvalue weighted by atomic mass is 10.2. The molecule has 0 bridgehead atoms. The van der Waals surface area contributed by atoms with Crippen LogP contribution in [0.15, 0.2) is 23.3 Å². The maximum absolute atomic E-state index is 9.23. The summed E-state index contributed by atoms with van der Waals surface area (Å²) in [4.78, 5) is 2.60. The molecule has 0 unspecified atom stereocenters. The maximum Gasteiger partial charge on any atom is 0.135 e. The molecule has 1 aromatic carbocycles. The van der Waals surface area contributed by atoms with E-state index in [0.29, 0.717) is 10.6 Å². The van der Waals surface area contributed by atoms with Crippen molar-refractivity contribution in [1.29, 1.82) is 0 Å². The van der Waals surface area contributed by atoms with E-state index in [1.807, 2.05) is 0 Å². The number of azide groups is 1. The van der Waals surface area contributed by atoms with Crippen molar-refractivity contribution in [3.05, 3.63) is 44.3 Å². The van der Waals surface area contributed by atoms with E-state index in [9.17, 15) is 5.11 Å². The van der Waals surface area contributed by atoms with Gasteiger partial charge in [-0.25, -0.2) is 0 Å². The van der Waals surface area contributed by atoms with Crippen LogP contribution in [0.25, 0.3) is 16.5 Å². The summed E-state index contributed by atoms with van der Waals surface area (Å²) in [7, 11) is 0. The quantitative estimate of drug-likeness (QED) is 0.486. The van der Waals surface area contributed by atoms with Gasteiger partial charge in [-0.3, -0.25) is 0 Å². The van der Waals surface area contributed by atoms with Crippen LogP contribution < -0.4 is 0 Å². The van der Waals surface area contributed by atoms with E-state index in [2.05, 4.69) is 10.0 Å². The van der Waals surface area contributed by atoms with Gasteiger partial charge in [-0.05, 0) is 17.2 Å². The second-order valence-corrected chi connectivity index (χ2v) is 3.46. The van der Waals surface area contributed by atoms with Crippen LogP contribution in [-0.4, -0.2) is 11.7 Å². The largest absolute Gasteiger partial charge is 0.506 e. The Balaban J connectivity index is 2.90. The number of halogens is 2. The third-order valence-electron chi connectivity index (χ3n) is 1.61. The Morgan fingerprint density at radius 3 is 2.80 bits per heavy atom. The minimum atomic E-state index is -0.0612. The van der Waals surface area contributed by atoms with Crippen molar-refractivity contribution in [2.75, 3.05) is 6.54 Å². The molecule has 0 heterocycles. The normalized spacial score (nSPS) is 10.3. The average molecular weight is 244 g/mol. The SMILES string of the molecule is [N-]=[N+]=NCC=Cc1cc(Cl)c(O)cc1Cl. The minimum absolute atomic E-state index is 0.0612. The van der Waals surface area contributed by atoms with Gasteiger partial charge < -0.3 is 5.11 Å². The molecule has 6 heteroatoms. The molecule has 15 heavy (non-hydrogen) atoms. The standard InChI is InChI=1S/C9H7Cl2N3O/c10-7-5-9(15)8(11)4-6(7)2-1-3-13-14-12/h1-2,4-5,15H,3H2. The topological polar surface area (TPSA) is 69.0 Å². The Labute approximate surface area is 96.4 Å². The summed E-state index contributed by atoms with van der Waals surface area (Å²) < 4.78 is 0. The van der Waals surface area contributed by atoms with Crippen molar-refractivity contribution in [3.63, 3.8) is 0 Å². The molecule has 0 aliphatic carbocycles. The fraction of sp³-hybridized carbons (Fsp3) is 0.111. The van der Waals surface area contributed by atoms with E-state index in [-0.39, 0.29) is 17.3 Å². The lowest BCUT2D eigenvalue weighted by Crippen LogP contribution is -1.78. The van der Waals surface area contributed by atoms with Crippen molar-refractivity contribution in [2.24, 2.45) is 5.11 Å². The molecule has 0 saturated carbocycles. The molecular weight excluding hydrogens is 237 g/mol. The van der Waals surface area contributed by atoms with Crippen molar-refractivity contribution in [3.8, 4) is 5.75 Å². The van der Waals surface area contributed by atoms with Gasteiger partial charge in [0.1, 0.15) is 5.75 Å². The van der Waals surface area contributed by atoms with Gasteiger partial charge in [-0.15, -0.1) is 0 Å². The highest BCUT2D eigenvalue weighted by molar-refractivity contribution is 6.35. The molecule has 4 nitrogen and oxygen atoms in total. The summed E-state index contributed by atoms with van der Waals surface area (Å²) in [5.41, 5.74) is 8.70. The smallest absolute Gasteiger partial charge is 0.135 e. The van der Waals surface area contributed by atoms with Crippen LogP contribution >= 0.6 is 23.2 Å². The summed E-state index contributed by atoms with van der Waals surface area (Å²) in [6.07, 6.45) is 3.32. The second kappa shape index (κ2) is 5.51. The molecule has 0 radical (unpaired) electrons. The highest BCUT2D eigenvalue weighted by Gasteiger charge is 2.03. The van der Waals surface area contributed by atoms with Gasteiger partial charge in [0.2, 0.25) is 0 Å². The molecule has 0 amide bonds. The third-order valence-corrected chi connectivity index (χ3v) is 2.24. The molecule has 0 fully saturated rings. The highest BCUT2D eigenvalue weighted by Crippen LogP contribution is 2.30. The summed E-state index contributed by atoms with van der Waals surface area (Å²) in [6.45, 7) is 0.241. The van der Waals surface area contributed by atoms with Crippen LogP contribution in [0.1, 0.15) is 5.56 Å². The zero-order valence-electron chi connectivity index (χ0n) is 7.56. The Hall–Kier alpha value is -1.35. The molecule has 1 N–H and O–H groups in total. The first-order valence-electron chi connectivity index (χ1n) is 4.00. The number of phenols is 1. The molecule has 1 aromatic rings. The lowest BCUT2D eigenvalue weighted by Gasteiger charge is -2.01. The Bertz CT molecular complexity index is 439. The van der Waals surface area contributed by atoms with Gasteiger partial charge in [0.05, 0.1) is 10.0 Å². The molecule has 0 atom stereocenters. The van der Waals surface area contributed by atoms with Gasteiger partial charge in [0.25, 0.3) is 0 Å². The van der Waals surface area contributed by atoms with E-state index < -0.39 is 0 Å². The summed E-state index contributed by atoms with van der Waals surface area (Å²) in [5, 5.41) is 13.2. The molecule has 0 saturated heterocycles. The lowest BCUT2D eigenvalue weighted by molar-refractivity contribution is 0.475. The number of hydrogen-bond acceptors (Lipinski definition) is 2. The van der Waals surface area contributed by atoms with Crippen LogP contribution in [0.2, 0.25) is 10.0 Å². The second-order valence-electron chi connectivity index (χ2n) is 2.64. The van der Waals surface area contributed by atoms with Crippen molar-refractivity contribution in [1.82, 2.24) is 0 Å². The van der Waals surface area contributed by atoms with Gasteiger partial charge in [0.15, 0.2) is 0 Å². The van der Waals surface area contributed by atoms with E-state index in [1.54, 1.807) is 12.2 Å². The summed E-state index contributed by atoms with van der Waals surface area (Å²) >= 11 is 11.5. The Kier molecular flexibility index (Phi) is 4.31. The molecule has 1 rings (SSSR count). The van der Waals surface area contributed by atoms with Gasteiger partial charge >= 0.3 is 0 Å². The third kappa shape index (κ3) is 3.36. The monoisotopic (exact) mass is 243 g/mol.